The molecule has 0 bridgehead atoms. The first-order valence-electron chi connectivity index (χ1n) is 11.5. The lowest BCUT2D eigenvalue weighted by molar-refractivity contribution is -0.149. The molecule has 0 radical (unpaired) electrons. The molecule has 0 N–H and O–H groups in total. The predicted molar refractivity (Wildman–Crippen MR) is 119 cm³/mol. The molecule has 0 amide bonds. The van der Waals surface area contributed by atoms with E-state index in [1.54, 1.807) is 26.0 Å². The molecule has 1 aromatic carbocycles. The molecule has 7 heteroatoms. The largest absolute Gasteiger partial charge is 0.514 e. The van der Waals surface area contributed by atoms with E-state index in [0.717, 1.165) is 64.1 Å². The van der Waals surface area contributed by atoms with Gasteiger partial charge in [0.05, 0.1) is 11.5 Å². The number of anilines is 1. The van der Waals surface area contributed by atoms with Crippen LogP contribution in [0.15, 0.2) is 24.3 Å². The third-order valence-corrected chi connectivity index (χ3v) is 6.55. The fourth-order valence-electron chi connectivity index (χ4n) is 4.42. The minimum atomic E-state index is -0.681. The van der Waals surface area contributed by atoms with Crippen molar-refractivity contribution in [1.82, 2.24) is 4.90 Å². The van der Waals surface area contributed by atoms with E-state index in [1.807, 2.05) is 12.1 Å². The van der Waals surface area contributed by atoms with Crippen molar-refractivity contribution >= 4 is 17.8 Å². The third kappa shape index (κ3) is 5.91. The minimum absolute atomic E-state index is 0.00258. The molecule has 7 nitrogen and oxygen atoms in total. The first-order valence-corrected chi connectivity index (χ1v) is 11.5. The van der Waals surface area contributed by atoms with Gasteiger partial charge in [-0.2, -0.15) is 0 Å². The average molecular weight is 433 g/mol. The van der Waals surface area contributed by atoms with Gasteiger partial charge >= 0.3 is 12.1 Å². The van der Waals surface area contributed by atoms with Gasteiger partial charge in [0, 0.05) is 44.8 Å². The van der Waals surface area contributed by atoms with E-state index in [4.69, 9.17) is 14.2 Å². The first kappa shape index (κ1) is 23.4. The van der Waals surface area contributed by atoms with Crippen LogP contribution >= 0.6 is 0 Å². The van der Waals surface area contributed by atoms with Gasteiger partial charge in [0.2, 0.25) is 0 Å². The van der Waals surface area contributed by atoms with Crippen molar-refractivity contribution in [2.24, 2.45) is 5.41 Å². The Bertz CT molecular complexity index is 737. The summed E-state index contributed by atoms with van der Waals surface area (Å²) in [5, 5.41) is 0. The Hall–Kier alpha value is -2.28. The van der Waals surface area contributed by atoms with Crippen LogP contribution in [0.25, 0.3) is 0 Å². The van der Waals surface area contributed by atoms with Crippen LogP contribution in [0.4, 0.5) is 10.5 Å². The minimum Gasteiger partial charge on any atom is -0.462 e. The molecule has 2 fully saturated rings. The lowest BCUT2D eigenvalue weighted by Crippen LogP contribution is -2.47. The van der Waals surface area contributed by atoms with Crippen LogP contribution in [0.1, 0.15) is 53.4 Å². The molecule has 2 aliphatic heterocycles. The lowest BCUT2D eigenvalue weighted by Gasteiger charge is -2.36. The number of ether oxygens (including phenoxy) is 3. The summed E-state index contributed by atoms with van der Waals surface area (Å²) in [6.07, 6.45) is 2.66. The quantitative estimate of drug-likeness (QED) is 0.449. The van der Waals surface area contributed by atoms with Crippen molar-refractivity contribution in [3.8, 4) is 5.75 Å². The molecule has 2 saturated heterocycles. The van der Waals surface area contributed by atoms with Gasteiger partial charge in [-0.25, -0.2) is 4.79 Å². The monoisotopic (exact) mass is 432 g/mol. The van der Waals surface area contributed by atoms with E-state index in [0.29, 0.717) is 5.75 Å². The Morgan fingerprint density at radius 3 is 2.32 bits per heavy atom. The Morgan fingerprint density at radius 1 is 1.13 bits per heavy atom. The van der Waals surface area contributed by atoms with Crippen LogP contribution in [-0.2, 0) is 14.3 Å². The third-order valence-electron chi connectivity index (χ3n) is 6.55. The summed E-state index contributed by atoms with van der Waals surface area (Å²) >= 11 is 0. The Labute approximate surface area is 185 Å². The summed E-state index contributed by atoms with van der Waals surface area (Å²) < 4.78 is 15.9. The summed E-state index contributed by atoms with van der Waals surface area (Å²) in [5.74, 6) is 0.478. The van der Waals surface area contributed by atoms with Gasteiger partial charge in [-0.1, -0.05) is 13.8 Å². The Morgan fingerprint density at radius 2 is 1.77 bits per heavy atom. The summed E-state index contributed by atoms with van der Waals surface area (Å²) in [6, 6.07) is 7.54. The van der Waals surface area contributed by atoms with Crippen LogP contribution in [0.3, 0.4) is 0 Å². The number of hydrogen-bond acceptors (Lipinski definition) is 7. The van der Waals surface area contributed by atoms with Crippen molar-refractivity contribution in [3.05, 3.63) is 24.3 Å². The number of cyclic esters (lactones) is 1. The second-order valence-corrected chi connectivity index (χ2v) is 8.85. The fraction of sp³-hybridized carbons (Fsp3) is 0.667. The molecular formula is C24H36N2O5. The molecular weight excluding hydrogens is 396 g/mol. The van der Waals surface area contributed by atoms with E-state index in [2.05, 4.69) is 23.6 Å². The van der Waals surface area contributed by atoms with Crippen LogP contribution in [-0.4, -0.2) is 62.0 Å². The number of piperazine rings is 1. The van der Waals surface area contributed by atoms with Crippen LogP contribution in [0.5, 0.6) is 5.75 Å². The molecule has 31 heavy (non-hydrogen) atoms. The molecule has 1 atom stereocenters. The first-order chi connectivity index (χ1) is 14.8. The topological polar surface area (TPSA) is 68.3 Å². The van der Waals surface area contributed by atoms with E-state index in [9.17, 15) is 9.59 Å². The summed E-state index contributed by atoms with van der Waals surface area (Å²) in [6.45, 7) is 12.5. The molecule has 2 aliphatic rings. The van der Waals surface area contributed by atoms with Crippen molar-refractivity contribution < 1.29 is 23.8 Å². The number of nitrogens with zero attached hydrogens (tertiary/aromatic N) is 2. The standard InChI is InChI=1S/C24H36N2O5/c1-5-24(6-2)17-21(30-22(24)27)11-12-25-13-15-26(16-14-25)19-7-9-20(10-8-19)31-23(28)29-18(3)4/h7-10,18,21H,5-6,11-17H2,1-4H3. The van der Waals surface area contributed by atoms with E-state index in [1.165, 1.54) is 0 Å². The average Bonchev–Trinajstić information content (AvgIpc) is 3.08. The number of esters is 1. The maximum atomic E-state index is 12.3. The van der Waals surface area contributed by atoms with Gasteiger partial charge in [0.15, 0.2) is 0 Å². The van der Waals surface area contributed by atoms with E-state index < -0.39 is 6.16 Å². The molecule has 0 aliphatic carbocycles. The molecule has 0 aromatic heterocycles. The van der Waals surface area contributed by atoms with Gasteiger partial charge in [-0.3, -0.25) is 9.69 Å². The van der Waals surface area contributed by atoms with Gasteiger partial charge in [0.25, 0.3) is 0 Å². The number of benzene rings is 1. The predicted octanol–water partition coefficient (Wildman–Crippen LogP) is 4.24. The summed E-state index contributed by atoms with van der Waals surface area (Å²) in [7, 11) is 0. The smallest absolute Gasteiger partial charge is 0.462 e. The molecule has 172 valence electrons. The van der Waals surface area contributed by atoms with Crippen molar-refractivity contribution in [2.45, 2.75) is 65.6 Å². The Kier molecular flexibility index (Phi) is 7.81. The van der Waals surface area contributed by atoms with E-state index in [-0.39, 0.29) is 23.6 Å². The number of carbonyl (C=O) groups is 2. The van der Waals surface area contributed by atoms with Gasteiger partial charge in [0.1, 0.15) is 11.9 Å². The van der Waals surface area contributed by atoms with Crippen LogP contribution < -0.4 is 9.64 Å². The van der Waals surface area contributed by atoms with Crippen LogP contribution in [0.2, 0.25) is 0 Å². The molecule has 2 heterocycles. The summed E-state index contributed by atoms with van der Waals surface area (Å²) in [4.78, 5) is 28.7. The highest BCUT2D eigenvalue weighted by Crippen LogP contribution is 2.41. The highest BCUT2D eigenvalue weighted by molar-refractivity contribution is 5.78. The van der Waals surface area contributed by atoms with Crippen LogP contribution in [0, 0.1) is 5.41 Å². The van der Waals surface area contributed by atoms with Crippen molar-refractivity contribution in [2.75, 3.05) is 37.6 Å². The number of rotatable bonds is 8. The van der Waals surface area contributed by atoms with Crippen molar-refractivity contribution in [3.63, 3.8) is 0 Å². The zero-order valence-corrected chi connectivity index (χ0v) is 19.3. The fourth-order valence-corrected chi connectivity index (χ4v) is 4.42. The Balaban J connectivity index is 1.42. The maximum absolute atomic E-state index is 12.3. The van der Waals surface area contributed by atoms with Crippen molar-refractivity contribution in [1.29, 1.82) is 0 Å². The second-order valence-electron chi connectivity index (χ2n) is 8.85. The molecule has 1 aromatic rings. The highest BCUT2D eigenvalue weighted by atomic mass is 16.7. The van der Waals surface area contributed by atoms with Gasteiger partial charge in [-0.05, 0) is 57.4 Å². The number of hydrogen-bond donors (Lipinski definition) is 0. The number of carbonyl (C=O) groups excluding carboxylic acids is 2. The highest BCUT2D eigenvalue weighted by Gasteiger charge is 2.46. The van der Waals surface area contributed by atoms with Gasteiger partial charge < -0.3 is 19.1 Å². The summed E-state index contributed by atoms with van der Waals surface area (Å²) in [5.41, 5.74) is 0.856. The zero-order chi connectivity index (χ0) is 22.4. The lowest BCUT2D eigenvalue weighted by atomic mass is 9.79. The maximum Gasteiger partial charge on any atom is 0.514 e. The second kappa shape index (κ2) is 10.4. The molecule has 0 saturated carbocycles. The molecule has 0 spiro atoms. The van der Waals surface area contributed by atoms with E-state index >= 15 is 0 Å². The zero-order valence-electron chi connectivity index (χ0n) is 19.3. The normalized spacial score (nSPS) is 21.3. The SMILES string of the molecule is CCC1(CC)CC(CCN2CCN(c3ccc(OC(=O)OC(C)C)cc3)CC2)OC1=O. The van der Waals surface area contributed by atoms with Gasteiger partial charge in [-0.15, -0.1) is 0 Å². The molecule has 1 unspecified atom stereocenters. The molecule has 3 rings (SSSR count).